The lowest BCUT2D eigenvalue weighted by molar-refractivity contribution is 0.413. The SMILES string of the molecule is COc1cccc(F)c1-c1nn(C(C)C)cc1S(C)=O. The summed E-state index contributed by atoms with van der Waals surface area (Å²) in [6.45, 7) is 3.91. The molecule has 1 heterocycles. The van der Waals surface area contributed by atoms with E-state index in [1.54, 1.807) is 29.3 Å². The van der Waals surface area contributed by atoms with Crippen molar-refractivity contribution in [3.05, 3.63) is 30.2 Å². The molecule has 0 aliphatic heterocycles. The highest BCUT2D eigenvalue weighted by molar-refractivity contribution is 7.84. The van der Waals surface area contributed by atoms with Crippen LogP contribution in [-0.2, 0) is 10.8 Å². The van der Waals surface area contributed by atoms with Crippen LogP contribution >= 0.6 is 0 Å². The van der Waals surface area contributed by atoms with Crippen LogP contribution < -0.4 is 4.74 Å². The molecule has 0 saturated carbocycles. The second-order valence-electron chi connectivity index (χ2n) is 4.69. The summed E-state index contributed by atoms with van der Waals surface area (Å²) >= 11 is 0. The summed E-state index contributed by atoms with van der Waals surface area (Å²) in [5.41, 5.74) is 0.620. The van der Waals surface area contributed by atoms with Crippen molar-refractivity contribution in [1.82, 2.24) is 9.78 Å². The average molecular weight is 296 g/mol. The van der Waals surface area contributed by atoms with Gasteiger partial charge in [-0.3, -0.25) is 8.89 Å². The molecule has 0 saturated heterocycles. The fourth-order valence-corrected chi connectivity index (χ4v) is 2.60. The molecule has 1 unspecified atom stereocenters. The first-order chi connectivity index (χ1) is 9.45. The summed E-state index contributed by atoms with van der Waals surface area (Å²) in [4.78, 5) is 0.502. The summed E-state index contributed by atoms with van der Waals surface area (Å²) in [5.74, 6) is -0.0595. The number of ether oxygens (including phenoxy) is 1. The van der Waals surface area contributed by atoms with Crippen molar-refractivity contribution in [3.8, 4) is 17.0 Å². The van der Waals surface area contributed by atoms with E-state index in [0.717, 1.165) is 0 Å². The van der Waals surface area contributed by atoms with Crippen LogP contribution in [0.15, 0.2) is 29.3 Å². The molecule has 2 rings (SSSR count). The molecule has 0 bridgehead atoms. The monoisotopic (exact) mass is 296 g/mol. The van der Waals surface area contributed by atoms with Gasteiger partial charge in [0.25, 0.3) is 0 Å². The van der Waals surface area contributed by atoms with Gasteiger partial charge in [-0.05, 0) is 26.0 Å². The third-order valence-electron chi connectivity index (χ3n) is 2.97. The zero-order chi connectivity index (χ0) is 14.9. The van der Waals surface area contributed by atoms with Crippen molar-refractivity contribution < 1.29 is 13.3 Å². The van der Waals surface area contributed by atoms with Crippen molar-refractivity contribution in [1.29, 1.82) is 0 Å². The van der Waals surface area contributed by atoms with Gasteiger partial charge in [-0.25, -0.2) is 4.39 Å². The number of rotatable bonds is 4. The minimum atomic E-state index is -1.26. The summed E-state index contributed by atoms with van der Waals surface area (Å²) in [7, 11) is 0.212. The highest BCUT2D eigenvalue weighted by atomic mass is 32.2. The van der Waals surface area contributed by atoms with E-state index >= 15 is 0 Å². The lowest BCUT2D eigenvalue weighted by atomic mass is 10.1. The van der Waals surface area contributed by atoms with E-state index in [0.29, 0.717) is 16.3 Å². The van der Waals surface area contributed by atoms with Crippen molar-refractivity contribution in [2.75, 3.05) is 13.4 Å². The maximum Gasteiger partial charge on any atom is 0.136 e. The normalized spacial score (nSPS) is 12.7. The first-order valence-corrected chi connectivity index (χ1v) is 7.77. The minimum absolute atomic E-state index is 0.101. The summed E-state index contributed by atoms with van der Waals surface area (Å²) < 4.78 is 32.9. The Morgan fingerprint density at radius 2 is 2.10 bits per heavy atom. The van der Waals surface area contributed by atoms with E-state index in [1.807, 2.05) is 13.8 Å². The van der Waals surface area contributed by atoms with Crippen molar-refractivity contribution >= 4 is 10.8 Å². The van der Waals surface area contributed by atoms with Crippen LogP contribution in [0.3, 0.4) is 0 Å². The van der Waals surface area contributed by atoms with Crippen LogP contribution in [0.5, 0.6) is 5.75 Å². The molecule has 1 aromatic carbocycles. The quantitative estimate of drug-likeness (QED) is 0.871. The number of methoxy groups -OCH3 is 1. The van der Waals surface area contributed by atoms with E-state index in [2.05, 4.69) is 5.10 Å². The Balaban J connectivity index is 2.72. The summed E-state index contributed by atoms with van der Waals surface area (Å²) in [6, 6.07) is 4.67. The van der Waals surface area contributed by atoms with Gasteiger partial charge in [0.15, 0.2) is 0 Å². The zero-order valence-electron chi connectivity index (χ0n) is 11.9. The van der Waals surface area contributed by atoms with Crippen LogP contribution in [0.4, 0.5) is 4.39 Å². The van der Waals surface area contributed by atoms with E-state index in [-0.39, 0.29) is 11.6 Å². The maximum absolute atomic E-state index is 14.1. The molecule has 1 atom stereocenters. The first kappa shape index (κ1) is 14.7. The molecule has 0 spiro atoms. The van der Waals surface area contributed by atoms with Gasteiger partial charge in [0.1, 0.15) is 17.3 Å². The summed E-state index contributed by atoms with van der Waals surface area (Å²) in [5, 5.41) is 4.37. The molecule has 0 radical (unpaired) electrons. The van der Waals surface area contributed by atoms with Gasteiger partial charge >= 0.3 is 0 Å². The predicted molar refractivity (Wildman–Crippen MR) is 76.9 cm³/mol. The largest absolute Gasteiger partial charge is 0.496 e. The fraction of sp³-hybridized carbons (Fsp3) is 0.357. The van der Waals surface area contributed by atoms with Crippen LogP contribution in [-0.4, -0.2) is 27.4 Å². The van der Waals surface area contributed by atoms with Gasteiger partial charge in [-0.2, -0.15) is 5.10 Å². The standard InChI is InChI=1S/C14H17FN2O2S/c1-9(2)17-8-12(20(4)18)14(16-17)13-10(15)6-5-7-11(13)19-3/h5-9H,1-4H3. The smallest absolute Gasteiger partial charge is 0.136 e. The molecule has 6 heteroatoms. The predicted octanol–water partition coefficient (Wildman–Crippen LogP) is 3.02. The number of hydrogen-bond acceptors (Lipinski definition) is 3. The molecule has 0 aliphatic rings. The number of halogens is 1. The highest BCUT2D eigenvalue weighted by Crippen LogP contribution is 2.35. The Labute approximate surface area is 120 Å². The molecule has 20 heavy (non-hydrogen) atoms. The highest BCUT2D eigenvalue weighted by Gasteiger charge is 2.21. The van der Waals surface area contributed by atoms with Crippen LogP contribution in [0, 0.1) is 5.82 Å². The van der Waals surface area contributed by atoms with Gasteiger partial charge in [0.05, 0.1) is 28.4 Å². The Morgan fingerprint density at radius 3 is 2.65 bits per heavy atom. The Morgan fingerprint density at radius 1 is 1.40 bits per heavy atom. The zero-order valence-corrected chi connectivity index (χ0v) is 12.7. The molecule has 108 valence electrons. The molecule has 0 fully saturated rings. The number of benzene rings is 1. The number of aromatic nitrogens is 2. The molecule has 1 aromatic heterocycles. The third-order valence-corrected chi connectivity index (χ3v) is 3.89. The molecule has 0 amide bonds. The molecular formula is C14H17FN2O2S. The summed E-state index contributed by atoms with van der Waals surface area (Å²) in [6.07, 6.45) is 3.25. The second-order valence-corrected chi connectivity index (χ2v) is 6.04. The average Bonchev–Trinajstić information content (AvgIpc) is 2.83. The van der Waals surface area contributed by atoms with Gasteiger partial charge in [-0.15, -0.1) is 0 Å². The second kappa shape index (κ2) is 5.75. The molecule has 0 aliphatic carbocycles. The van der Waals surface area contributed by atoms with Gasteiger partial charge in [0.2, 0.25) is 0 Å². The topological polar surface area (TPSA) is 44.1 Å². The lowest BCUT2D eigenvalue weighted by Crippen LogP contribution is -2.01. The van der Waals surface area contributed by atoms with Gasteiger partial charge in [-0.1, -0.05) is 6.07 Å². The third kappa shape index (κ3) is 2.60. The van der Waals surface area contributed by atoms with Crippen LogP contribution in [0.2, 0.25) is 0 Å². The van der Waals surface area contributed by atoms with E-state index in [4.69, 9.17) is 4.74 Å². The molecule has 0 N–H and O–H groups in total. The van der Waals surface area contributed by atoms with E-state index < -0.39 is 16.6 Å². The van der Waals surface area contributed by atoms with Crippen molar-refractivity contribution in [2.45, 2.75) is 24.8 Å². The number of hydrogen-bond donors (Lipinski definition) is 0. The first-order valence-electron chi connectivity index (χ1n) is 6.21. The molecular weight excluding hydrogens is 279 g/mol. The number of nitrogens with zero attached hydrogens (tertiary/aromatic N) is 2. The fourth-order valence-electron chi connectivity index (χ4n) is 1.93. The lowest BCUT2D eigenvalue weighted by Gasteiger charge is -2.08. The maximum atomic E-state index is 14.1. The van der Waals surface area contributed by atoms with Crippen LogP contribution in [0.25, 0.3) is 11.3 Å². The van der Waals surface area contributed by atoms with Gasteiger partial charge < -0.3 is 4.74 Å². The van der Waals surface area contributed by atoms with E-state index in [9.17, 15) is 8.60 Å². The molecule has 4 nitrogen and oxygen atoms in total. The van der Waals surface area contributed by atoms with Crippen molar-refractivity contribution in [3.63, 3.8) is 0 Å². The molecule has 2 aromatic rings. The minimum Gasteiger partial charge on any atom is -0.496 e. The van der Waals surface area contributed by atoms with Crippen molar-refractivity contribution in [2.24, 2.45) is 0 Å². The Bertz CT molecular complexity index is 653. The Kier molecular flexibility index (Phi) is 4.23. The van der Waals surface area contributed by atoms with E-state index in [1.165, 1.54) is 13.2 Å². The Hall–Kier alpha value is -1.69. The van der Waals surface area contributed by atoms with Crippen LogP contribution in [0.1, 0.15) is 19.9 Å². The van der Waals surface area contributed by atoms with Gasteiger partial charge in [0, 0.05) is 18.5 Å².